The van der Waals surface area contributed by atoms with Gasteiger partial charge in [-0.25, -0.2) is 0 Å². The number of benzene rings is 1. The summed E-state index contributed by atoms with van der Waals surface area (Å²) in [4.78, 5) is 2.51. The van der Waals surface area contributed by atoms with Crippen molar-refractivity contribution in [1.29, 1.82) is 0 Å². The van der Waals surface area contributed by atoms with E-state index in [0.717, 1.165) is 48.7 Å². The van der Waals surface area contributed by atoms with Crippen molar-refractivity contribution in [2.24, 2.45) is 5.92 Å². The maximum atomic E-state index is 6.07. The second kappa shape index (κ2) is 7.49. The Morgan fingerprint density at radius 2 is 2.00 bits per heavy atom. The predicted molar refractivity (Wildman–Crippen MR) is 83.0 cm³/mol. The van der Waals surface area contributed by atoms with E-state index in [1.54, 1.807) is 6.07 Å². The van der Waals surface area contributed by atoms with E-state index in [2.05, 4.69) is 17.1 Å². The number of rotatable bonds is 6. The molecule has 1 saturated heterocycles. The summed E-state index contributed by atoms with van der Waals surface area (Å²) in [5.41, 5.74) is 1.21. The number of nitrogens with zero attached hydrogens (tertiary/aromatic N) is 1. The highest BCUT2D eigenvalue weighted by atomic mass is 35.5. The van der Waals surface area contributed by atoms with Crippen LogP contribution in [0, 0.1) is 5.92 Å². The van der Waals surface area contributed by atoms with E-state index >= 15 is 0 Å². The van der Waals surface area contributed by atoms with Crippen molar-refractivity contribution in [3.63, 3.8) is 0 Å². The number of halogens is 2. The minimum atomic E-state index is 0.724. The zero-order chi connectivity index (χ0) is 13.7. The SMILES string of the molecule is CCCN(Cc1cc(Cl)cc(Cl)c1)C[C@@H]1CCNC1. The molecule has 1 aliphatic heterocycles. The van der Waals surface area contributed by atoms with Crippen molar-refractivity contribution in [2.45, 2.75) is 26.3 Å². The fourth-order valence-corrected chi connectivity index (χ4v) is 3.32. The molecule has 0 spiro atoms. The van der Waals surface area contributed by atoms with Gasteiger partial charge in [0.25, 0.3) is 0 Å². The topological polar surface area (TPSA) is 15.3 Å². The molecule has 0 unspecified atom stereocenters. The van der Waals surface area contributed by atoms with Gasteiger partial charge in [0.15, 0.2) is 0 Å². The summed E-state index contributed by atoms with van der Waals surface area (Å²) in [5.74, 6) is 0.779. The second-order valence-corrected chi connectivity index (χ2v) is 6.24. The van der Waals surface area contributed by atoms with E-state index in [1.165, 1.54) is 18.4 Å². The molecule has 1 aliphatic rings. The fourth-order valence-electron chi connectivity index (χ4n) is 2.75. The first-order chi connectivity index (χ1) is 9.17. The van der Waals surface area contributed by atoms with Crippen LogP contribution in [0.15, 0.2) is 18.2 Å². The second-order valence-electron chi connectivity index (χ2n) is 5.37. The van der Waals surface area contributed by atoms with Crippen LogP contribution in [0.3, 0.4) is 0 Å². The Labute approximate surface area is 126 Å². The van der Waals surface area contributed by atoms with E-state index in [-0.39, 0.29) is 0 Å². The molecule has 0 amide bonds. The summed E-state index contributed by atoms with van der Waals surface area (Å²) in [6.45, 7) is 7.76. The first-order valence-corrected chi connectivity index (χ1v) is 7.81. The zero-order valence-corrected chi connectivity index (χ0v) is 13.0. The van der Waals surface area contributed by atoms with Crippen molar-refractivity contribution < 1.29 is 0 Å². The van der Waals surface area contributed by atoms with Crippen LogP contribution < -0.4 is 5.32 Å². The van der Waals surface area contributed by atoms with Gasteiger partial charge in [-0.2, -0.15) is 0 Å². The van der Waals surface area contributed by atoms with Crippen LogP contribution in [-0.2, 0) is 6.54 Å². The van der Waals surface area contributed by atoms with Gasteiger partial charge in [-0.1, -0.05) is 30.1 Å². The molecule has 1 atom stereocenters. The monoisotopic (exact) mass is 300 g/mol. The smallest absolute Gasteiger partial charge is 0.0424 e. The van der Waals surface area contributed by atoms with Crippen LogP contribution in [0.4, 0.5) is 0 Å². The largest absolute Gasteiger partial charge is 0.316 e. The normalized spacial score (nSPS) is 19.3. The highest BCUT2D eigenvalue weighted by Gasteiger charge is 2.18. The molecule has 1 heterocycles. The molecule has 0 bridgehead atoms. The maximum Gasteiger partial charge on any atom is 0.0424 e. The maximum absolute atomic E-state index is 6.07. The molecule has 1 aromatic carbocycles. The Bertz CT molecular complexity index is 383. The summed E-state index contributed by atoms with van der Waals surface area (Å²) in [6.07, 6.45) is 2.46. The number of hydrogen-bond donors (Lipinski definition) is 1. The molecule has 106 valence electrons. The number of hydrogen-bond acceptors (Lipinski definition) is 2. The van der Waals surface area contributed by atoms with Gasteiger partial charge in [0.1, 0.15) is 0 Å². The lowest BCUT2D eigenvalue weighted by Gasteiger charge is -2.25. The Hall–Kier alpha value is -0.280. The third-order valence-electron chi connectivity index (χ3n) is 3.55. The highest BCUT2D eigenvalue weighted by Crippen LogP contribution is 2.21. The molecular weight excluding hydrogens is 279 g/mol. The fraction of sp³-hybridized carbons (Fsp3) is 0.600. The molecule has 4 heteroatoms. The summed E-state index contributed by atoms with van der Waals surface area (Å²) >= 11 is 12.1. The highest BCUT2D eigenvalue weighted by molar-refractivity contribution is 6.34. The molecule has 0 saturated carbocycles. The lowest BCUT2D eigenvalue weighted by molar-refractivity contribution is 0.229. The minimum absolute atomic E-state index is 0.724. The number of nitrogens with one attached hydrogen (secondary N) is 1. The first-order valence-electron chi connectivity index (χ1n) is 7.05. The van der Waals surface area contributed by atoms with E-state index in [0.29, 0.717) is 0 Å². The summed E-state index contributed by atoms with van der Waals surface area (Å²) in [6, 6.07) is 5.82. The van der Waals surface area contributed by atoms with Crippen LogP contribution in [0.5, 0.6) is 0 Å². The molecular formula is C15H22Cl2N2. The summed E-state index contributed by atoms with van der Waals surface area (Å²) in [5, 5.41) is 4.88. The van der Waals surface area contributed by atoms with Crippen molar-refractivity contribution in [3.05, 3.63) is 33.8 Å². The van der Waals surface area contributed by atoms with Gasteiger partial charge in [0.2, 0.25) is 0 Å². The van der Waals surface area contributed by atoms with Gasteiger partial charge in [0.05, 0.1) is 0 Å². The summed E-state index contributed by atoms with van der Waals surface area (Å²) in [7, 11) is 0. The van der Waals surface area contributed by atoms with E-state index < -0.39 is 0 Å². The van der Waals surface area contributed by atoms with Crippen LogP contribution in [0.2, 0.25) is 10.0 Å². The molecule has 1 N–H and O–H groups in total. The first kappa shape index (κ1) is 15.1. The van der Waals surface area contributed by atoms with Crippen LogP contribution >= 0.6 is 23.2 Å². The Morgan fingerprint density at radius 3 is 2.58 bits per heavy atom. The molecule has 1 fully saturated rings. The van der Waals surface area contributed by atoms with Crippen LogP contribution in [0.25, 0.3) is 0 Å². The van der Waals surface area contributed by atoms with Gasteiger partial charge < -0.3 is 5.32 Å². The van der Waals surface area contributed by atoms with Gasteiger partial charge in [-0.3, -0.25) is 4.90 Å². The Kier molecular flexibility index (Phi) is 5.96. The molecule has 19 heavy (non-hydrogen) atoms. The molecule has 2 nitrogen and oxygen atoms in total. The minimum Gasteiger partial charge on any atom is -0.316 e. The van der Waals surface area contributed by atoms with Gasteiger partial charge in [-0.15, -0.1) is 0 Å². The quantitative estimate of drug-likeness (QED) is 0.859. The zero-order valence-electron chi connectivity index (χ0n) is 11.5. The average Bonchev–Trinajstić information content (AvgIpc) is 2.80. The van der Waals surface area contributed by atoms with Crippen molar-refractivity contribution >= 4 is 23.2 Å². The molecule has 1 aromatic rings. The Morgan fingerprint density at radius 1 is 1.26 bits per heavy atom. The third-order valence-corrected chi connectivity index (χ3v) is 3.98. The van der Waals surface area contributed by atoms with Crippen molar-refractivity contribution in [1.82, 2.24) is 10.2 Å². The molecule has 0 aromatic heterocycles. The average molecular weight is 301 g/mol. The van der Waals surface area contributed by atoms with E-state index in [9.17, 15) is 0 Å². The van der Waals surface area contributed by atoms with Crippen LogP contribution in [-0.4, -0.2) is 31.1 Å². The van der Waals surface area contributed by atoms with Gasteiger partial charge in [0, 0.05) is 23.1 Å². The van der Waals surface area contributed by atoms with E-state index in [4.69, 9.17) is 23.2 Å². The van der Waals surface area contributed by atoms with Crippen LogP contribution in [0.1, 0.15) is 25.3 Å². The lowest BCUT2D eigenvalue weighted by atomic mass is 10.1. The Balaban J connectivity index is 1.98. The molecule has 0 radical (unpaired) electrons. The van der Waals surface area contributed by atoms with E-state index in [1.807, 2.05) is 12.1 Å². The predicted octanol–water partition coefficient (Wildman–Crippen LogP) is 3.81. The lowest BCUT2D eigenvalue weighted by Crippen LogP contribution is -2.31. The van der Waals surface area contributed by atoms with Gasteiger partial charge in [-0.05, 0) is 62.2 Å². The van der Waals surface area contributed by atoms with Crippen molar-refractivity contribution in [3.8, 4) is 0 Å². The van der Waals surface area contributed by atoms with Gasteiger partial charge >= 0.3 is 0 Å². The molecule has 2 rings (SSSR count). The standard InChI is InChI=1S/C15H22Cl2N2/c1-2-5-19(10-12-3-4-18-9-12)11-13-6-14(16)8-15(17)7-13/h6-8,12,18H,2-5,9-11H2,1H3/t12-/m1/s1. The summed E-state index contributed by atoms with van der Waals surface area (Å²) < 4.78 is 0. The third kappa shape index (κ3) is 4.96. The van der Waals surface area contributed by atoms with Crippen molar-refractivity contribution in [2.75, 3.05) is 26.2 Å². The molecule has 0 aliphatic carbocycles.